The largest absolute Gasteiger partial charge is 0.328 e. The molecule has 0 unspecified atom stereocenters. The summed E-state index contributed by atoms with van der Waals surface area (Å²) in [5.74, 6) is 0.468. The number of nitrogens with one attached hydrogen (secondary N) is 1. The predicted octanol–water partition coefficient (Wildman–Crippen LogP) is 0.851. The second-order valence-corrected chi connectivity index (χ2v) is 5.50. The Bertz CT molecular complexity index is 342. The van der Waals surface area contributed by atoms with Crippen molar-refractivity contribution in [2.75, 3.05) is 6.54 Å². The summed E-state index contributed by atoms with van der Waals surface area (Å²) in [5.41, 5.74) is 0. The minimum absolute atomic E-state index is 0.0356. The third kappa shape index (κ3) is 1.88. The van der Waals surface area contributed by atoms with Gasteiger partial charge in [0.25, 0.3) is 0 Å². The van der Waals surface area contributed by atoms with Gasteiger partial charge in [-0.2, -0.15) is 0 Å². The first-order valence-corrected chi connectivity index (χ1v) is 6.85. The number of Topliss-reactive ketones (excluding diaryl/α,β-unsaturated/α-hetero) is 1. The summed E-state index contributed by atoms with van der Waals surface area (Å²) in [5, 5.41) is 3.33. The van der Waals surface area contributed by atoms with Crippen LogP contribution in [0.5, 0.6) is 0 Å². The van der Waals surface area contributed by atoms with Crippen LogP contribution in [0.4, 0.5) is 0 Å². The van der Waals surface area contributed by atoms with Crippen LogP contribution in [0.25, 0.3) is 0 Å². The Balaban J connectivity index is 1.93. The maximum Gasteiger partial charge on any atom is 0.240 e. The van der Waals surface area contributed by atoms with Crippen molar-refractivity contribution in [2.24, 2.45) is 0 Å². The SMILES string of the molecule is O=C1CCCN[C@@H]2CCC[C@@H]3CC[C@@H]1N3C2=O. The number of rotatable bonds is 0. The lowest BCUT2D eigenvalue weighted by molar-refractivity contribution is -0.140. The van der Waals surface area contributed by atoms with Gasteiger partial charge in [0, 0.05) is 12.5 Å². The molecular weight excluding hydrogens is 216 g/mol. The number of nitrogens with zero attached hydrogens (tertiary/aromatic N) is 1. The van der Waals surface area contributed by atoms with Crippen LogP contribution in [0.15, 0.2) is 0 Å². The van der Waals surface area contributed by atoms with Crippen LogP contribution in [0.2, 0.25) is 0 Å². The van der Waals surface area contributed by atoms with E-state index < -0.39 is 0 Å². The summed E-state index contributed by atoms with van der Waals surface area (Å²) >= 11 is 0. The average molecular weight is 236 g/mol. The van der Waals surface area contributed by atoms with Crippen molar-refractivity contribution in [1.82, 2.24) is 10.2 Å². The third-order valence-electron chi connectivity index (χ3n) is 4.45. The molecule has 94 valence electrons. The highest BCUT2D eigenvalue weighted by Crippen LogP contribution is 2.33. The zero-order valence-corrected chi connectivity index (χ0v) is 10.2. The van der Waals surface area contributed by atoms with Crippen LogP contribution < -0.4 is 5.32 Å². The molecule has 0 saturated carbocycles. The van der Waals surface area contributed by atoms with E-state index in [1.807, 2.05) is 4.90 Å². The molecule has 17 heavy (non-hydrogen) atoms. The van der Waals surface area contributed by atoms with Gasteiger partial charge in [0.1, 0.15) is 0 Å². The Morgan fingerprint density at radius 1 is 1.06 bits per heavy atom. The van der Waals surface area contributed by atoms with Gasteiger partial charge in [-0.15, -0.1) is 0 Å². The lowest BCUT2D eigenvalue weighted by Crippen LogP contribution is -2.50. The number of amides is 1. The van der Waals surface area contributed by atoms with Crippen molar-refractivity contribution in [3.05, 3.63) is 0 Å². The third-order valence-corrected chi connectivity index (χ3v) is 4.45. The van der Waals surface area contributed by atoms with E-state index in [-0.39, 0.29) is 23.8 Å². The van der Waals surface area contributed by atoms with Gasteiger partial charge in [0.15, 0.2) is 5.78 Å². The zero-order chi connectivity index (χ0) is 11.8. The molecule has 1 amide bonds. The van der Waals surface area contributed by atoms with Crippen molar-refractivity contribution < 1.29 is 9.59 Å². The first kappa shape index (κ1) is 11.2. The Morgan fingerprint density at radius 3 is 2.82 bits per heavy atom. The van der Waals surface area contributed by atoms with E-state index in [0.29, 0.717) is 12.5 Å². The number of ketones is 1. The summed E-state index contributed by atoms with van der Waals surface area (Å²) in [6, 6.07) is 0.195. The fourth-order valence-electron chi connectivity index (χ4n) is 3.57. The number of carbonyl (C=O) groups excluding carboxylic acids is 2. The minimum Gasteiger partial charge on any atom is -0.328 e. The van der Waals surface area contributed by atoms with Gasteiger partial charge in [-0.25, -0.2) is 0 Å². The first-order valence-electron chi connectivity index (χ1n) is 6.85. The maximum atomic E-state index is 12.5. The molecule has 3 aliphatic rings. The highest BCUT2D eigenvalue weighted by Gasteiger charge is 2.44. The van der Waals surface area contributed by atoms with Gasteiger partial charge in [-0.1, -0.05) is 0 Å². The van der Waals surface area contributed by atoms with Gasteiger partial charge in [0.2, 0.25) is 5.91 Å². The maximum absolute atomic E-state index is 12.5. The molecule has 4 heteroatoms. The van der Waals surface area contributed by atoms with E-state index in [0.717, 1.165) is 45.1 Å². The van der Waals surface area contributed by atoms with Crippen LogP contribution in [0.1, 0.15) is 44.9 Å². The van der Waals surface area contributed by atoms with Crippen LogP contribution >= 0.6 is 0 Å². The number of fused-ring (bicyclic) bond motifs is 1. The molecule has 3 rings (SSSR count). The number of hydrogen-bond acceptors (Lipinski definition) is 3. The quantitative estimate of drug-likeness (QED) is 0.678. The molecule has 1 N–H and O–H groups in total. The van der Waals surface area contributed by atoms with Gasteiger partial charge >= 0.3 is 0 Å². The van der Waals surface area contributed by atoms with Gasteiger partial charge in [-0.3, -0.25) is 9.59 Å². The fraction of sp³-hybridized carbons (Fsp3) is 0.846. The van der Waals surface area contributed by atoms with Crippen molar-refractivity contribution >= 4 is 11.7 Å². The second kappa shape index (κ2) is 4.41. The van der Waals surface area contributed by atoms with Crippen LogP contribution in [0.3, 0.4) is 0 Å². The van der Waals surface area contributed by atoms with Crippen LogP contribution in [-0.4, -0.2) is 41.3 Å². The van der Waals surface area contributed by atoms with Gasteiger partial charge in [-0.05, 0) is 45.1 Å². The summed E-state index contributed by atoms with van der Waals surface area (Å²) in [6.07, 6.45) is 6.53. The van der Waals surface area contributed by atoms with Crippen molar-refractivity contribution in [2.45, 2.75) is 63.1 Å². The monoisotopic (exact) mass is 236 g/mol. The van der Waals surface area contributed by atoms with Crippen molar-refractivity contribution in [3.63, 3.8) is 0 Å². The lowest BCUT2D eigenvalue weighted by atomic mass is 10.0. The number of carbonyl (C=O) groups is 2. The van der Waals surface area contributed by atoms with E-state index in [4.69, 9.17) is 0 Å². The molecule has 2 bridgehead atoms. The Hall–Kier alpha value is -0.900. The van der Waals surface area contributed by atoms with Crippen LogP contribution in [0, 0.1) is 0 Å². The summed E-state index contributed by atoms with van der Waals surface area (Å²) < 4.78 is 0. The molecule has 3 atom stereocenters. The Kier molecular flexibility index (Phi) is 2.90. The van der Waals surface area contributed by atoms with E-state index in [1.165, 1.54) is 0 Å². The smallest absolute Gasteiger partial charge is 0.240 e. The molecule has 3 saturated heterocycles. The van der Waals surface area contributed by atoms with Crippen molar-refractivity contribution in [3.8, 4) is 0 Å². The van der Waals surface area contributed by atoms with Crippen LogP contribution in [-0.2, 0) is 9.59 Å². The topological polar surface area (TPSA) is 49.4 Å². The minimum atomic E-state index is -0.104. The standard InChI is InChI=1S/C13H20N2O2/c16-12-5-2-8-14-10-4-1-3-9-6-7-11(12)15(9)13(10)17/h9-11,14H,1-8H2/t9-,10-,11+/m1/s1. The molecule has 0 aromatic heterocycles. The molecule has 3 heterocycles. The molecule has 3 fully saturated rings. The molecule has 0 aromatic carbocycles. The molecular formula is C13H20N2O2. The van der Waals surface area contributed by atoms with E-state index in [2.05, 4.69) is 5.32 Å². The zero-order valence-electron chi connectivity index (χ0n) is 10.2. The molecule has 4 nitrogen and oxygen atoms in total. The summed E-state index contributed by atoms with van der Waals surface area (Å²) in [6.45, 7) is 0.799. The van der Waals surface area contributed by atoms with Crippen molar-refractivity contribution in [1.29, 1.82) is 0 Å². The van der Waals surface area contributed by atoms with Gasteiger partial charge in [0.05, 0.1) is 12.1 Å². The molecule has 0 aliphatic carbocycles. The molecule has 3 aliphatic heterocycles. The first-order chi connectivity index (χ1) is 8.27. The Labute approximate surface area is 102 Å². The summed E-state index contributed by atoms with van der Waals surface area (Å²) in [7, 11) is 0. The van der Waals surface area contributed by atoms with Gasteiger partial charge < -0.3 is 10.2 Å². The average Bonchev–Trinajstić information content (AvgIpc) is 2.69. The highest BCUT2D eigenvalue weighted by atomic mass is 16.2. The normalized spacial score (nSPS) is 38.4. The van der Waals surface area contributed by atoms with E-state index in [1.54, 1.807) is 0 Å². The number of hydrogen-bond donors (Lipinski definition) is 1. The predicted molar refractivity (Wildman–Crippen MR) is 63.5 cm³/mol. The second-order valence-electron chi connectivity index (χ2n) is 5.50. The molecule has 0 radical (unpaired) electrons. The lowest BCUT2D eigenvalue weighted by Gasteiger charge is -2.29. The molecule has 0 aromatic rings. The highest BCUT2D eigenvalue weighted by molar-refractivity contribution is 5.92. The summed E-state index contributed by atoms with van der Waals surface area (Å²) in [4.78, 5) is 26.5. The molecule has 0 spiro atoms. The Morgan fingerprint density at radius 2 is 1.94 bits per heavy atom. The fourth-order valence-corrected chi connectivity index (χ4v) is 3.57. The van der Waals surface area contributed by atoms with E-state index in [9.17, 15) is 9.59 Å². The van der Waals surface area contributed by atoms with E-state index >= 15 is 0 Å².